The molecule has 0 saturated carbocycles. The minimum Gasteiger partial charge on any atom is -0.481 e. The number of anilines is 2. The van der Waals surface area contributed by atoms with Crippen LogP contribution in [-0.4, -0.2) is 60.6 Å². The second kappa shape index (κ2) is 10.0. The van der Waals surface area contributed by atoms with Crippen molar-refractivity contribution in [3.63, 3.8) is 0 Å². The van der Waals surface area contributed by atoms with Crippen LogP contribution in [0.1, 0.15) is 12.0 Å². The highest BCUT2D eigenvalue weighted by Gasteiger charge is 2.32. The number of ether oxygens (including phenoxy) is 2. The molecule has 35 heavy (non-hydrogen) atoms. The number of fused-ring (bicyclic) bond motifs is 2. The maximum atomic E-state index is 14.4. The first-order valence-electron chi connectivity index (χ1n) is 11.3. The molecule has 1 fully saturated rings. The van der Waals surface area contributed by atoms with Gasteiger partial charge in [-0.3, -0.25) is 14.7 Å². The molecule has 2 aliphatic heterocycles. The smallest absolute Gasteiger partial charge is 0.414 e. The predicted octanol–water partition coefficient (Wildman–Crippen LogP) is 3.37. The second-order valence-corrected chi connectivity index (χ2v) is 9.25. The van der Waals surface area contributed by atoms with Crippen molar-refractivity contribution in [2.45, 2.75) is 23.8 Å². The molecule has 0 bridgehead atoms. The van der Waals surface area contributed by atoms with Crippen molar-refractivity contribution in [3.8, 4) is 5.88 Å². The van der Waals surface area contributed by atoms with Gasteiger partial charge >= 0.3 is 6.09 Å². The Kier molecular flexibility index (Phi) is 6.69. The molecule has 9 nitrogen and oxygen atoms in total. The van der Waals surface area contributed by atoms with Gasteiger partial charge in [-0.2, -0.15) is 0 Å². The lowest BCUT2D eigenvalue weighted by Crippen LogP contribution is -2.27. The van der Waals surface area contributed by atoms with E-state index < -0.39 is 11.9 Å². The molecule has 4 heterocycles. The largest absolute Gasteiger partial charge is 0.481 e. The standard InChI is InChI=1S/C24H24FN5O4S/c1-33-22-5-3-18-23(29-22)16(17(25)11-27-18)7-9-26-8-6-15-12-30(24(32)34-15)14-2-4-20-19(10-14)28-21(31)13-35-20/h2-5,10-11,15,26H,6-9,12-13H2,1H3,(H,28,31)/t15-/m1/s1. The minimum atomic E-state index is -0.407. The van der Waals surface area contributed by atoms with Gasteiger partial charge in [0.15, 0.2) is 0 Å². The number of carbonyl (C=O) groups is 2. The highest BCUT2D eigenvalue weighted by molar-refractivity contribution is 8.00. The molecule has 2 N–H and O–H groups in total. The highest BCUT2D eigenvalue weighted by Crippen LogP contribution is 2.35. The van der Waals surface area contributed by atoms with Gasteiger partial charge in [0, 0.05) is 22.2 Å². The topological polar surface area (TPSA) is 106 Å². The number of aromatic nitrogens is 2. The number of cyclic esters (lactones) is 1. The summed E-state index contributed by atoms with van der Waals surface area (Å²) >= 11 is 1.47. The molecule has 3 aromatic rings. The summed E-state index contributed by atoms with van der Waals surface area (Å²) in [5.74, 6) is 0.344. The number of nitrogens with zero attached hydrogens (tertiary/aromatic N) is 3. The molecule has 1 atom stereocenters. The van der Waals surface area contributed by atoms with Gasteiger partial charge in [-0.25, -0.2) is 14.2 Å². The number of methoxy groups -OCH3 is 1. The first kappa shape index (κ1) is 23.3. The van der Waals surface area contributed by atoms with Crippen molar-refractivity contribution in [2.24, 2.45) is 0 Å². The van der Waals surface area contributed by atoms with Gasteiger partial charge in [-0.15, -0.1) is 11.8 Å². The molecule has 0 spiro atoms. The van der Waals surface area contributed by atoms with E-state index in [-0.39, 0.29) is 12.0 Å². The Balaban J connectivity index is 1.14. The quantitative estimate of drug-likeness (QED) is 0.457. The maximum Gasteiger partial charge on any atom is 0.414 e. The number of halogens is 1. The van der Waals surface area contributed by atoms with Gasteiger partial charge in [0.25, 0.3) is 0 Å². The average Bonchev–Trinajstić information content (AvgIpc) is 3.24. The summed E-state index contributed by atoms with van der Waals surface area (Å²) in [4.78, 5) is 35.1. The van der Waals surface area contributed by atoms with Crippen LogP contribution in [0.4, 0.5) is 20.6 Å². The number of hydrogen-bond donors (Lipinski definition) is 2. The zero-order valence-corrected chi connectivity index (χ0v) is 19.9. The number of thioether (sulfide) groups is 1. The van der Waals surface area contributed by atoms with E-state index in [1.165, 1.54) is 25.1 Å². The van der Waals surface area contributed by atoms with Crippen LogP contribution in [0, 0.1) is 5.82 Å². The van der Waals surface area contributed by atoms with Crippen molar-refractivity contribution in [1.29, 1.82) is 0 Å². The Labute approximate surface area is 205 Å². The van der Waals surface area contributed by atoms with Gasteiger partial charge in [0.2, 0.25) is 11.8 Å². The number of rotatable bonds is 8. The van der Waals surface area contributed by atoms with Crippen LogP contribution in [0.3, 0.4) is 0 Å². The first-order chi connectivity index (χ1) is 17.0. The molecule has 1 saturated heterocycles. The molecule has 0 radical (unpaired) electrons. The zero-order chi connectivity index (χ0) is 24.4. The van der Waals surface area contributed by atoms with E-state index in [1.54, 1.807) is 23.1 Å². The van der Waals surface area contributed by atoms with Crippen LogP contribution in [0.25, 0.3) is 11.0 Å². The number of benzene rings is 1. The summed E-state index contributed by atoms with van der Waals surface area (Å²) in [5, 5.41) is 6.13. The van der Waals surface area contributed by atoms with Crippen LogP contribution in [0.5, 0.6) is 5.88 Å². The molecular formula is C24H24FN5O4S. The number of pyridine rings is 2. The summed E-state index contributed by atoms with van der Waals surface area (Å²) in [6, 6.07) is 9.02. The van der Waals surface area contributed by atoms with Crippen molar-refractivity contribution in [2.75, 3.05) is 42.7 Å². The lowest BCUT2D eigenvalue weighted by atomic mass is 10.1. The van der Waals surface area contributed by atoms with Crippen LogP contribution in [0.2, 0.25) is 0 Å². The Morgan fingerprint density at radius 1 is 1.29 bits per heavy atom. The summed E-state index contributed by atoms with van der Waals surface area (Å²) < 4.78 is 25.1. The van der Waals surface area contributed by atoms with Crippen LogP contribution >= 0.6 is 11.8 Å². The van der Waals surface area contributed by atoms with E-state index in [4.69, 9.17) is 9.47 Å². The van der Waals surface area contributed by atoms with Crippen molar-refractivity contribution in [1.82, 2.24) is 15.3 Å². The van der Waals surface area contributed by atoms with Crippen LogP contribution < -0.4 is 20.3 Å². The Morgan fingerprint density at radius 3 is 3.03 bits per heavy atom. The third-order valence-corrected chi connectivity index (χ3v) is 7.00. The zero-order valence-electron chi connectivity index (χ0n) is 19.0. The molecule has 2 amide bonds. The van der Waals surface area contributed by atoms with Crippen LogP contribution in [0.15, 0.2) is 41.4 Å². The van der Waals surface area contributed by atoms with Gasteiger partial charge in [0.05, 0.1) is 42.3 Å². The monoisotopic (exact) mass is 497 g/mol. The van der Waals surface area contributed by atoms with Crippen molar-refractivity contribution < 1.29 is 23.5 Å². The fourth-order valence-corrected chi connectivity index (χ4v) is 4.94. The third-order valence-electron chi connectivity index (χ3n) is 5.93. The number of amides is 2. The Bertz CT molecular complexity index is 1290. The van der Waals surface area contributed by atoms with Gasteiger partial charge in [-0.1, -0.05) is 0 Å². The minimum absolute atomic E-state index is 0.0536. The SMILES string of the molecule is COc1ccc2ncc(F)c(CCNCC[C@@H]3CN(c4ccc5c(c4)NC(=O)CS5)C(=O)O3)c2n1. The number of nitrogens with one attached hydrogen (secondary N) is 2. The summed E-state index contributed by atoms with van der Waals surface area (Å²) in [7, 11) is 1.52. The predicted molar refractivity (Wildman–Crippen MR) is 131 cm³/mol. The summed E-state index contributed by atoms with van der Waals surface area (Å²) in [6.07, 6.45) is 1.59. The number of hydrogen-bond acceptors (Lipinski definition) is 8. The van der Waals surface area contributed by atoms with E-state index in [9.17, 15) is 14.0 Å². The Hall–Kier alpha value is -3.44. The molecular weight excluding hydrogens is 473 g/mol. The second-order valence-electron chi connectivity index (χ2n) is 8.23. The van der Waals surface area contributed by atoms with E-state index in [1.807, 2.05) is 12.1 Å². The van der Waals surface area contributed by atoms with Gasteiger partial charge in [0.1, 0.15) is 11.9 Å². The molecule has 1 aromatic carbocycles. The van der Waals surface area contributed by atoms with E-state index in [2.05, 4.69) is 20.6 Å². The van der Waals surface area contributed by atoms with E-state index >= 15 is 0 Å². The van der Waals surface area contributed by atoms with E-state index in [0.717, 1.165) is 4.90 Å². The normalized spacial score (nSPS) is 17.3. The molecule has 0 unspecified atom stereocenters. The molecule has 2 aliphatic rings. The molecule has 11 heteroatoms. The third kappa shape index (κ3) is 5.01. The van der Waals surface area contributed by atoms with Crippen molar-refractivity contribution >= 4 is 46.2 Å². The molecule has 2 aromatic heterocycles. The highest BCUT2D eigenvalue weighted by atomic mass is 32.2. The summed E-state index contributed by atoms with van der Waals surface area (Å²) in [5.41, 5.74) is 2.99. The average molecular weight is 498 g/mol. The Morgan fingerprint density at radius 2 is 2.17 bits per heavy atom. The van der Waals surface area contributed by atoms with Gasteiger partial charge in [-0.05, 0) is 50.2 Å². The lowest BCUT2D eigenvalue weighted by molar-refractivity contribution is -0.113. The molecule has 0 aliphatic carbocycles. The van der Waals surface area contributed by atoms with Gasteiger partial charge < -0.3 is 20.1 Å². The fraction of sp³-hybridized carbons (Fsp3) is 0.333. The molecule has 182 valence electrons. The maximum absolute atomic E-state index is 14.4. The number of carbonyl (C=O) groups excluding carboxylic acids is 2. The fourth-order valence-electron chi connectivity index (χ4n) is 4.15. The summed E-state index contributed by atoms with van der Waals surface area (Å²) in [6.45, 7) is 1.55. The van der Waals surface area contributed by atoms with Crippen molar-refractivity contribution in [3.05, 3.63) is 47.9 Å². The van der Waals surface area contributed by atoms with Crippen LogP contribution in [-0.2, 0) is 16.0 Å². The first-order valence-corrected chi connectivity index (χ1v) is 12.2. The molecule has 5 rings (SSSR count). The van der Waals surface area contributed by atoms with E-state index in [0.29, 0.717) is 72.1 Å². The lowest BCUT2D eigenvalue weighted by Gasteiger charge is -2.20.